The Bertz CT molecular complexity index is 414. The maximum atomic E-state index is 11.3. The van der Waals surface area contributed by atoms with Gasteiger partial charge in [-0.1, -0.05) is 13.8 Å². The third kappa shape index (κ3) is 3.27. The normalized spacial score (nSPS) is 11.5. The SMILES string of the molecule is COCc1c(C)ccnc1CC(C)(C)C(N)=O. The fourth-order valence-corrected chi connectivity index (χ4v) is 1.64. The van der Waals surface area contributed by atoms with Gasteiger partial charge < -0.3 is 10.5 Å². The molecule has 1 heterocycles. The number of carbonyl (C=O) groups is 1. The molecule has 2 N–H and O–H groups in total. The minimum atomic E-state index is -0.594. The van der Waals surface area contributed by atoms with Crippen molar-refractivity contribution in [3.05, 3.63) is 29.1 Å². The molecule has 0 fully saturated rings. The van der Waals surface area contributed by atoms with E-state index < -0.39 is 5.41 Å². The third-order valence-electron chi connectivity index (χ3n) is 2.94. The van der Waals surface area contributed by atoms with Gasteiger partial charge in [-0.3, -0.25) is 9.78 Å². The standard InChI is InChI=1S/C13H20N2O2/c1-9-5-6-15-11(10(9)8-17-4)7-13(2,3)12(14)16/h5-6H,7-8H2,1-4H3,(H2,14,16). The number of amides is 1. The Morgan fingerprint density at radius 3 is 2.71 bits per heavy atom. The van der Waals surface area contributed by atoms with Crippen molar-refractivity contribution in [3.63, 3.8) is 0 Å². The number of hydrogen-bond acceptors (Lipinski definition) is 3. The first-order chi connectivity index (χ1) is 7.88. The smallest absolute Gasteiger partial charge is 0.223 e. The number of carbonyl (C=O) groups excluding carboxylic acids is 1. The Morgan fingerprint density at radius 1 is 1.53 bits per heavy atom. The van der Waals surface area contributed by atoms with Crippen molar-refractivity contribution in [3.8, 4) is 0 Å². The molecule has 0 saturated carbocycles. The summed E-state index contributed by atoms with van der Waals surface area (Å²) < 4.78 is 5.17. The average molecular weight is 236 g/mol. The Labute approximate surface area is 102 Å². The summed E-state index contributed by atoms with van der Waals surface area (Å²) in [6.07, 6.45) is 2.28. The van der Waals surface area contributed by atoms with Crippen LogP contribution in [-0.2, 0) is 22.6 Å². The molecule has 0 radical (unpaired) electrons. The first kappa shape index (κ1) is 13.6. The molecule has 4 heteroatoms. The van der Waals surface area contributed by atoms with Crippen LogP contribution in [0.4, 0.5) is 0 Å². The maximum absolute atomic E-state index is 11.3. The number of aromatic nitrogens is 1. The number of hydrogen-bond donors (Lipinski definition) is 1. The Hall–Kier alpha value is -1.42. The van der Waals surface area contributed by atoms with Gasteiger partial charge in [0.25, 0.3) is 0 Å². The third-order valence-corrected chi connectivity index (χ3v) is 2.94. The fourth-order valence-electron chi connectivity index (χ4n) is 1.64. The summed E-state index contributed by atoms with van der Waals surface area (Å²) in [6.45, 7) is 6.17. The van der Waals surface area contributed by atoms with Gasteiger partial charge in [-0.15, -0.1) is 0 Å². The Kier molecular flexibility index (Phi) is 4.23. The quantitative estimate of drug-likeness (QED) is 0.844. The molecule has 0 aliphatic heterocycles. The lowest BCUT2D eigenvalue weighted by molar-refractivity contribution is -0.125. The van der Waals surface area contributed by atoms with Crippen LogP contribution in [0.1, 0.15) is 30.7 Å². The molecule has 1 aromatic heterocycles. The molecular weight excluding hydrogens is 216 g/mol. The maximum Gasteiger partial charge on any atom is 0.223 e. The van der Waals surface area contributed by atoms with Crippen molar-refractivity contribution in [1.29, 1.82) is 0 Å². The van der Waals surface area contributed by atoms with Gasteiger partial charge in [-0.05, 0) is 18.6 Å². The van der Waals surface area contributed by atoms with Crippen LogP contribution in [0.25, 0.3) is 0 Å². The van der Waals surface area contributed by atoms with Crippen LogP contribution >= 0.6 is 0 Å². The van der Waals surface area contributed by atoms with Crippen molar-refractivity contribution in [2.45, 2.75) is 33.8 Å². The highest BCUT2D eigenvalue weighted by Crippen LogP contribution is 2.24. The number of primary amides is 1. The zero-order chi connectivity index (χ0) is 13.1. The molecule has 0 aliphatic rings. The summed E-state index contributed by atoms with van der Waals surface area (Å²) >= 11 is 0. The predicted molar refractivity (Wildman–Crippen MR) is 66.4 cm³/mol. The monoisotopic (exact) mass is 236 g/mol. The molecule has 4 nitrogen and oxygen atoms in total. The summed E-state index contributed by atoms with van der Waals surface area (Å²) in [6, 6.07) is 1.94. The van der Waals surface area contributed by atoms with Gasteiger partial charge in [0.15, 0.2) is 0 Å². The number of pyridine rings is 1. The summed E-state index contributed by atoms with van der Waals surface area (Å²) in [7, 11) is 1.65. The van der Waals surface area contributed by atoms with Crippen LogP contribution in [0.5, 0.6) is 0 Å². The topological polar surface area (TPSA) is 65.2 Å². The van der Waals surface area contributed by atoms with Gasteiger partial charge in [0.2, 0.25) is 5.91 Å². The van der Waals surface area contributed by atoms with E-state index in [0.717, 1.165) is 16.8 Å². The van der Waals surface area contributed by atoms with Crippen molar-refractivity contribution < 1.29 is 9.53 Å². The van der Waals surface area contributed by atoms with E-state index in [1.54, 1.807) is 13.3 Å². The van der Waals surface area contributed by atoms with Gasteiger partial charge in [0.05, 0.1) is 6.61 Å². The summed E-state index contributed by atoms with van der Waals surface area (Å²) in [5, 5.41) is 0. The van der Waals surface area contributed by atoms with Crippen LogP contribution in [0.3, 0.4) is 0 Å². The van der Waals surface area contributed by atoms with Gasteiger partial charge in [0.1, 0.15) is 0 Å². The lowest BCUT2D eigenvalue weighted by atomic mass is 9.85. The highest BCUT2D eigenvalue weighted by atomic mass is 16.5. The molecule has 0 saturated heterocycles. The fraction of sp³-hybridized carbons (Fsp3) is 0.538. The zero-order valence-electron chi connectivity index (χ0n) is 10.9. The van der Waals surface area contributed by atoms with Gasteiger partial charge in [-0.25, -0.2) is 0 Å². The molecule has 0 bridgehead atoms. The molecule has 94 valence electrons. The van der Waals surface area contributed by atoms with Crippen molar-refractivity contribution in [2.75, 3.05) is 7.11 Å². The first-order valence-corrected chi connectivity index (χ1v) is 5.60. The van der Waals surface area contributed by atoms with E-state index in [-0.39, 0.29) is 5.91 Å². The molecular formula is C13H20N2O2. The summed E-state index contributed by atoms with van der Waals surface area (Å²) in [4.78, 5) is 15.7. The van der Waals surface area contributed by atoms with E-state index >= 15 is 0 Å². The predicted octanol–water partition coefficient (Wildman–Crippen LogP) is 1.59. The molecule has 1 aromatic rings. The average Bonchev–Trinajstić information content (AvgIpc) is 2.22. The lowest BCUT2D eigenvalue weighted by Gasteiger charge is -2.21. The van der Waals surface area contributed by atoms with Crippen LogP contribution < -0.4 is 5.73 Å². The lowest BCUT2D eigenvalue weighted by Crippen LogP contribution is -2.34. The number of nitrogens with two attached hydrogens (primary N) is 1. The van der Waals surface area contributed by atoms with Gasteiger partial charge in [-0.2, -0.15) is 0 Å². The summed E-state index contributed by atoms with van der Waals surface area (Å²) in [5.41, 5.74) is 7.84. The first-order valence-electron chi connectivity index (χ1n) is 5.60. The van der Waals surface area contributed by atoms with Crippen molar-refractivity contribution in [1.82, 2.24) is 4.98 Å². The van der Waals surface area contributed by atoms with Crippen LogP contribution in [0.15, 0.2) is 12.3 Å². The highest BCUT2D eigenvalue weighted by Gasteiger charge is 2.27. The second-order valence-electron chi connectivity index (χ2n) is 4.91. The Morgan fingerprint density at radius 2 is 2.18 bits per heavy atom. The number of nitrogens with zero attached hydrogens (tertiary/aromatic N) is 1. The molecule has 0 unspecified atom stereocenters. The largest absolute Gasteiger partial charge is 0.380 e. The molecule has 0 aliphatic carbocycles. The van der Waals surface area contributed by atoms with E-state index in [0.29, 0.717) is 13.0 Å². The van der Waals surface area contributed by atoms with Gasteiger partial charge in [0, 0.05) is 36.4 Å². The number of aryl methyl sites for hydroxylation is 1. The molecule has 17 heavy (non-hydrogen) atoms. The van der Waals surface area contributed by atoms with E-state index in [9.17, 15) is 4.79 Å². The van der Waals surface area contributed by atoms with Crippen LogP contribution in [0, 0.1) is 12.3 Å². The molecule has 0 atom stereocenters. The zero-order valence-corrected chi connectivity index (χ0v) is 10.9. The number of rotatable bonds is 5. The molecule has 1 rings (SSSR count). The van der Waals surface area contributed by atoms with Crippen LogP contribution in [-0.4, -0.2) is 18.0 Å². The highest BCUT2D eigenvalue weighted by molar-refractivity contribution is 5.80. The molecule has 0 aromatic carbocycles. The van der Waals surface area contributed by atoms with E-state index in [1.807, 2.05) is 26.8 Å². The van der Waals surface area contributed by atoms with E-state index in [2.05, 4.69) is 4.98 Å². The summed E-state index contributed by atoms with van der Waals surface area (Å²) in [5.74, 6) is -0.316. The van der Waals surface area contributed by atoms with Crippen molar-refractivity contribution in [2.24, 2.45) is 11.1 Å². The van der Waals surface area contributed by atoms with E-state index in [4.69, 9.17) is 10.5 Å². The Balaban J connectivity index is 3.06. The second kappa shape index (κ2) is 5.27. The van der Waals surface area contributed by atoms with Gasteiger partial charge >= 0.3 is 0 Å². The molecule has 1 amide bonds. The second-order valence-corrected chi connectivity index (χ2v) is 4.91. The minimum absolute atomic E-state index is 0.316. The number of ether oxygens (including phenoxy) is 1. The van der Waals surface area contributed by atoms with Crippen LogP contribution in [0.2, 0.25) is 0 Å². The van der Waals surface area contributed by atoms with E-state index in [1.165, 1.54) is 0 Å². The number of methoxy groups -OCH3 is 1. The van der Waals surface area contributed by atoms with Crippen molar-refractivity contribution >= 4 is 5.91 Å². The molecule has 0 spiro atoms. The minimum Gasteiger partial charge on any atom is -0.380 e.